The monoisotopic (exact) mass is 267 g/mol. The van der Waals surface area contributed by atoms with Crippen LogP contribution in [0.15, 0.2) is 30.5 Å². The lowest BCUT2D eigenvalue weighted by molar-refractivity contribution is -0.110. The number of aromatic nitrogens is 1. The van der Waals surface area contributed by atoms with Gasteiger partial charge in [-0.3, -0.25) is 4.79 Å². The lowest BCUT2D eigenvalue weighted by Gasteiger charge is -2.02. The second-order valence-corrected chi connectivity index (χ2v) is 4.96. The first-order valence-corrected chi connectivity index (χ1v) is 6.70. The predicted octanol–water partition coefficient (Wildman–Crippen LogP) is 2.32. The van der Waals surface area contributed by atoms with Gasteiger partial charge in [-0.05, 0) is 43.2 Å². The standard InChI is InChI=1S/C16H17N3O/c1-10-9-18-15(11(10)6-7-17)8-13-12-4-2-3-5-14(12)19-16(13)20/h2-5,8-9,18H,6-7,17H2,1H3,(H,19,20)/b13-8-. The van der Waals surface area contributed by atoms with Crippen LogP contribution in [-0.4, -0.2) is 17.4 Å². The molecule has 3 rings (SSSR count). The fraction of sp³-hybridized carbons (Fsp3) is 0.188. The third kappa shape index (κ3) is 2.04. The Morgan fingerprint density at radius 1 is 1.30 bits per heavy atom. The number of H-pyrrole nitrogens is 1. The predicted molar refractivity (Wildman–Crippen MR) is 81.2 cm³/mol. The largest absolute Gasteiger partial charge is 0.361 e. The summed E-state index contributed by atoms with van der Waals surface area (Å²) in [6.45, 7) is 2.64. The minimum Gasteiger partial charge on any atom is -0.361 e. The van der Waals surface area contributed by atoms with Crippen molar-refractivity contribution in [2.75, 3.05) is 11.9 Å². The first-order chi connectivity index (χ1) is 9.70. The third-order valence-corrected chi connectivity index (χ3v) is 3.64. The fourth-order valence-corrected chi connectivity index (χ4v) is 2.60. The van der Waals surface area contributed by atoms with Gasteiger partial charge in [-0.1, -0.05) is 18.2 Å². The molecule has 0 saturated carbocycles. The molecule has 1 aromatic carbocycles. The number of aromatic amines is 1. The third-order valence-electron chi connectivity index (χ3n) is 3.64. The van der Waals surface area contributed by atoms with Gasteiger partial charge in [-0.15, -0.1) is 0 Å². The highest BCUT2D eigenvalue weighted by molar-refractivity contribution is 6.34. The molecule has 20 heavy (non-hydrogen) atoms. The van der Waals surface area contributed by atoms with Crippen molar-refractivity contribution in [1.29, 1.82) is 0 Å². The molecule has 2 heterocycles. The summed E-state index contributed by atoms with van der Waals surface area (Å²) in [5, 5.41) is 2.88. The molecule has 0 bridgehead atoms. The molecule has 2 aromatic rings. The molecule has 0 unspecified atom stereocenters. The van der Waals surface area contributed by atoms with Gasteiger partial charge >= 0.3 is 0 Å². The molecule has 1 aliphatic heterocycles. The van der Waals surface area contributed by atoms with E-state index in [2.05, 4.69) is 10.3 Å². The summed E-state index contributed by atoms with van der Waals surface area (Å²) in [5.41, 5.74) is 11.5. The van der Waals surface area contributed by atoms with Gasteiger partial charge in [0.1, 0.15) is 0 Å². The number of nitrogens with two attached hydrogens (primary N) is 1. The molecule has 0 radical (unpaired) electrons. The van der Waals surface area contributed by atoms with Crippen LogP contribution in [0.2, 0.25) is 0 Å². The van der Waals surface area contributed by atoms with Gasteiger partial charge in [0.25, 0.3) is 5.91 Å². The molecule has 0 fully saturated rings. The van der Waals surface area contributed by atoms with Crippen LogP contribution in [0.3, 0.4) is 0 Å². The minimum atomic E-state index is -0.0582. The SMILES string of the molecule is Cc1c[nH]c(/C=C2\C(=O)Nc3ccccc32)c1CCN. The smallest absolute Gasteiger partial charge is 0.256 e. The van der Waals surface area contributed by atoms with Crippen LogP contribution < -0.4 is 11.1 Å². The summed E-state index contributed by atoms with van der Waals surface area (Å²) in [4.78, 5) is 15.3. The van der Waals surface area contributed by atoms with E-state index < -0.39 is 0 Å². The summed E-state index contributed by atoms with van der Waals surface area (Å²) >= 11 is 0. The van der Waals surface area contributed by atoms with Crippen molar-refractivity contribution in [3.63, 3.8) is 0 Å². The summed E-state index contributed by atoms with van der Waals surface area (Å²) in [5.74, 6) is -0.0582. The molecule has 0 aliphatic carbocycles. The van der Waals surface area contributed by atoms with E-state index >= 15 is 0 Å². The van der Waals surface area contributed by atoms with Gasteiger partial charge in [-0.2, -0.15) is 0 Å². The maximum atomic E-state index is 12.1. The van der Waals surface area contributed by atoms with Crippen LogP contribution in [-0.2, 0) is 11.2 Å². The zero-order chi connectivity index (χ0) is 14.1. The Bertz CT molecular complexity index is 697. The van der Waals surface area contributed by atoms with Crippen LogP contribution in [0.5, 0.6) is 0 Å². The normalized spacial score (nSPS) is 15.5. The van der Waals surface area contributed by atoms with Gasteiger partial charge < -0.3 is 16.0 Å². The number of hydrogen-bond acceptors (Lipinski definition) is 2. The van der Waals surface area contributed by atoms with Gasteiger partial charge in [0.2, 0.25) is 0 Å². The van der Waals surface area contributed by atoms with Crippen LogP contribution in [0.1, 0.15) is 22.4 Å². The van der Waals surface area contributed by atoms with Crippen LogP contribution >= 0.6 is 0 Å². The highest BCUT2D eigenvalue weighted by Gasteiger charge is 2.23. The molecular weight excluding hydrogens is 250 g/mol. The highest BCUT2D eigenvalue weighted by atomic mass is 16.2. The average molecular weight is 267 g/mol. The fourth-order valence-electron chi connectivity index (χ4n) is 2.60. The molecular formula is C16H17N3O. The van der Waals surface area contributed by atoms with Crippen LogP contribution in [0.4, 0.5) is 5.69 Å². The number of nitrogens with one attached hydrogen (secondary N) is 2. The van der Waals surface area contributed by atoms with Crippen molar-refractivity contribution in [1.82, 2.24) is 4.98 Å². The molecule has 1 aromatic heterocycles. The molecule has 4 N–H and O–H groups in total. The van der Waals surface area contributed by atoms with Crippen molar-refractivity contribution in [2.24, 2.45) is 5.73 Å². The average Bonchev–Trinajstić information content (AvgIpc) is 2.94. The Balaban J connectivity index is 2.07. The summed E-state index contributed by atoms with van der Waals surface area (Å²) in [7, 11) is 0. The second kappa shape index (κ2) is 4.98. The number of para-hydroxylation sites is 1. The first-order valence-electron chi connectivity index (χ1n) is 6.70. The molecule has 0 atom stereocenters. The van der Waals surface area contributed by atoms with Gasteiger partial charge in [0, 0.05) is 23.1 Å². The van der Waals surface area contributed by atoms with Gasteiger partial charge in [-0.25, -0.2) is 0 Å². The Labute approximate surface area is 117 Å². The van der Waals surface area contributed by atoms with Crippen LogP contribution in [0, 0.1) is 6.92 Å². The first kappa shape index (κ1) is 12.7. The molecule has 0 saturated heterocycles. The zero-order valence-electron chi connectivity index (χ0n) is 11.4. The number of hydrogen-bond donors (Lipinski definition) is 3. The van der Waals surface area contributed by atoms with E-state index in [4.69, 9.17) is 5.73 Å². The van der Waals surface area contributed by atoms with Crippen molar-refractivity contribution in [3.05, 3.63) is 52.8 Å². The minimum absolute atomic E-state index is 0.0582. The number of carbonyl (C=O) groups is 1. The lowest BCUT2D eigenvalue weighted by Crippen LogP contribution is -2.05. The Morgan fingerprint density at radius 2 is 2.10 bits per heavy atom. The van der Waals surface area contributed by atoms with Crippen molar-refractivity contribution >= 4 is 23.2 Å². The van der Waals surface area contributed by atoms with Gasteiger partial charge in [0.15, 0.2) is 0 Å². The Hall–Kier alpha value is -2.33. The van der Waals surface area contributed by atoms with Crippen molar-refractivity contribution in [3.8, 4) is 0 Å². The Morgan fingerprint density at radius 3 is 2.90 bits per heavy atom. The van der Waals surface area contributed by atoms with Gasteiger partial charge in [0.05, 0.1) is 5.57 Å². The van der Waals surface area contributed by atoms with Crippen molar-refractivity contribution < 1.29 is 4.79 Å². The number of amides is 1. The number of aryl methyl sites for hydroxylation is 1. The van der Waals surface area contributed by atoms with Crippen molar-refractivity contribution in [2.45, 2.75) is 13.3 Å². The number of anilines is 1. The Kier molecular flexibility index (Phi) is 3.16. The summed E-state index contributed by atoms with van der Waals surface area (Å²) in [6.07, 6.45) is 4.67. The maximum Gasteiger partial charge on any atom is 0.256 e. The number of rotatable bonds is 3. The maximum absolute atomic E-state index is 12.1. The molecule has 102 valence electrons. The second-order valence-electron chi connectivity index (χ2n) is 4.96. The highest BCUT2D eigenvalue weighted by Crippen LogP contribution is 2.33. The molecule has 4 nitrogen and oxygen atoms in total. The summed E-state index contributed by atoms with van der Waals surface area (Å²) < 4.78 is 0. The van der Waals surface area contributed by atoms with E-state index in [-0.39, 0.29) is 5.91 Å². The number of fused-ring (bicyclic) bond motifs is 1. The molecule has 1 aliphatic rings. The quantitative estimate of drug-likeness (QED) is 0.747. The molecule has 4 heteroatoms. The molecule has 0 spiro atoms. The number of benzene rings is 1. The van der Waals surface area contributed by atoms with Crippen LogP contribution in [0.25, 0.3) is 11.6 Å². The zero-order valence-corrected chi connectivity index (χ0v) is 11.4. The number of carbonyl (C=O) groups excluding carboxylic acids is 1. The van der Waals surface area contributed by atoms with E-state index in [1.54, 1.807) is 0 Å². The van der Waals surface area contributed by atoms with E-state index in [0.717, 1.165) is 23.4 Å². The van der Waals surface area contributed by atoms with E-state index in [0.29, 0.717) is 12.1 Å². The topological polar surface area (TPSA) is 70.9 Å². The summed E-state index contributed by atoms with van der Waals surface area (Å²) in [6, 6.07) is 7.72. The van der Waals surface area contributed by atoms with E-state index in [1.165, 1.54) is 11.1 Å². The lowest BCUT2D eigenvalue weighted by atomic mass is 10.0. The molecule has 1 amide bonds. The van der Waals surface area contributed by atoms with E-state index in [1.807, 2.05) is 43.5 Å². The van der Waals surface area contributed by atoms with E-state index in [9.17, 15) is 4.79 Å².